The lowest BCUT2D eigenvalue weighted by atomic mass is 10.3. The Morgan fingerprint density at radius 3 is 2.40 bits per heavy atom. The van der Waals surface area contributed by atoms with Crippen LogP contribution in [0.2, 0.25) is 0 Å². The normalized spacial score (nSPS) is 21.4. The molecule has 0 radical (unpaired) electrons. The largest absolute Gasteiger partial charge is 0.389 e. The minimum atomic E-state index is -0.276. The molecule has 2 rings (SSSR count). The molecular weight excluding hydrogens is 252 g/mol. The quantitative estimate of drug-likeness (QED) is 0.780. The van der Waals surface area contributed by atoms with Gasteiger partial charge < -0.3 is 10.2 Å². The Bertz CT molecular complexity index is 327. The van der Waals surface area contributed by atoms with Crippen molar-refractivity contribution in [1.29, 1.82) is 0 Å². The van der Waals surface area contributed by atoms with Crippen molar-refractivity contribution in [2.75, 3.05) is 0 Å². The zero-order valence-corrected chi connectivity index (χ0v) is 12.7. The summed E-state index contributed by atoms with van der Waals surface area (Å²) >= 11 is 0. The SMILES string of the molecule is CCC/C=C/C(C)O.O=C1C=CCC1.OC1C=CCC1. The lowest BCUT2D eigenvalue weighted by Crippen LogP contribution is -1.93. The van der Waals surface area contributed by atoms with Gasteiger partial charge in [0.25, 0.3) is 0 Å². The average molecular weight is 280 g/mol. The molecule has 0 aromatic carbocycles. The number of hydrogen-bond donors (Lipinski definition) is 2. The Morgan fingerprint density at radius 2 is 2.15 bits per heavy atom. The molecule has 0 fully saturated rings. The summed E-state index contributed by atoms with van der Waals surface area (Å²) in [6.45, 7) is 3.87. The van der Waals surface area contributed by atoms with E-state index in [1.54, 1.807) is 13.0 Å². The monoisotopic (exact) mass is 280 g/mol. The molecule has 0 aromatic rings. The van der Waals surface area contributed by atoms with E-state index >= 15 is 0 Å². The van der Waals surface area contributed by atoms with Crippen LogP contribution >= 0.6 is 0 Å². The molecule has 2 aliphatic carbocycles. The summed E-state index contributed by atoms with van der Waals surface area (Å²) in [6, 6.07) is 0. The van der Waals surface area contributed by atoms with Gasteiger partial charge in [-0.05, 0) is 38.7 Å². The average Bonchev–Trinajstić information content (AvgIpc) is 3.04. The Balaban J connectivity index is 0.000000274. The van der Waals surface area contributed by atoms with Crippen LogP contribution in [0, 0.1) is 0 Å². The van der Waals surface area contributed by atoms with Gasteiger partial charge in [-0.3, -0.25) is 4.79 Å². The highest BCUT2D eigenvalue weighted by Crippen LogP contribution is 2.06. The summed E-state index contributed by atoms with van der Waals surface area (Å²) in [7, 11) is 0. The maximum absolute atomic E-state index is 10.2. The van der Waals surface area contributed by atoms with Crippen LogP contribution in [0.1, 0.15) is 52.4 Å². The topological polar surface area (TPSA) is 57.5 Å². The molecule has 114 valence electrons. The maximum Gasteiger partial charge on any atom is 0.155 e. The first-order valence-corrected chi connectivity index (χ1v) is 7.45. The summed E-state index contributed by atoms with van der Waals surface area (Å²) in [5.41, 5.74) is 0. The molecule has 2 aliphatic rings. The maximum atomic E-state index is 10.2. The molecule has 0 aliphatic heterocycles. The van der Waals surface area contributed by atoms with Crippen LogP contribution in [0.25, 0.3) is 0 Å². The first-order valence-electron chi connectivity index (χ1n) is 7.45. The second kappa shape index (κ2) is 12.8. The van der Waals surface area contributed by atoms with Crippen LogP contribution in [-0.2, 0) is 4.79 Å². The smallest absolute Gasteiger partial charge is 0.155 e. The van der Waals surface area contributed by atoms with E-state index < -0.39 is 0 Å². The van der Waals surface area contributed by atoms with E-state index in [1.165, 1.54) is 0 Å². The third kappa shape index (κ3) is 13.2. The van der Waals surface area contributed by atoms with Gasteiger partial charge >= 0.3 is 0 Å². The van der Waals surface area contributed by atoms with Crippen LogP contribution in [-0.4, -0.2) is 28.2 Å². The molecule has 0 aromatic heterocycles. The standard InChI is InChI=1S/C7H14O.C5H8O.C5H6O/c1-3-4-5-6-7(2)8;2*6-5-3-1-2-4-5/h5-8H,3-4H2,1-2H3;1,3,5-6H,2,4H2;1,3H,2,4H2/b6-5+;;. The second-order valence-electron chi connectivity index (χ2n) is 4.94. The van der Waals surface area contributed by atoms with Crippen molar-refractivity contribution in [2.45, 2.75) is 64.6 Å². The molecule has 3 nitrogen and oxygen atoms in total. The fourth-order valence-corrected chi connectivity index (χ4v) is 1.60. The zero-order valence-electron chi connectivity index (χ0n) is 12.7. The van der Waals surface area contributed by atoms with E-state index in [-0.39, 0.29) is 18.0 Å². The van der Waals surface area contributed by atoms with Crippen LogP contribution in [0.15, 0.2) is 36.5 Å². The molecule has 2 atom stereocenters. The third-order valence-electron chi connectivity index (χ3n) is 2.72. The van der Waals surface area contributed by atoms with E-state index in [1.807, 2.05) is 30.4 Å². The number of hydrogen-bond acceptors (Lipinski definition) is 3. The van der Waals surface area contributed by atoms with Crippen LogP contribution in [0.4, 0.5) is 0 Å². The Morgan fingerprint density at radius 1 is 1.40 bits per heavy atom. The first-order chi connectivity index (χ1) is 9.56. The van der Waals surface area contributed by atoms with Crippen molar-refractivity contribution in [2.24, 2.45) is 0 Å². The van der Waals surface area contributed by atoms with E-state index in [4.69, 9.17) is 10.2 Å². The third-order valence-corrected chi connectivity index (χ3v) is 2.72. The van der Waals surface area contributed by atoms with E-state index in [2.05, 4.69) is 6.92 Å². The molecule has 0 heterocycles. The van der Waals surface area contributed by atoms with E-state index in [9.17, 15) is 4.79 Å². The van der Waals surface area contributed by atoms with Crippen molar-refractivity contribution in [1.82, 2.24) is 0 Å². The fraction of sp³-hybridized carbons (Fsp3) is 0.588. The predicted molar refractivity (Wildman–Crippen MR) is 83.5 cm³/mol. The molecule has 20 heavy (non-hydrogen) atoms. The summed E-state index contributed by atoms with van der Waals surface area (Å²) in [6.07, 6.45) is 16.7. The Labute approximate surface area is 122 Å². The number of carbonyl (C=O) groups is 1. The van der Waals surface area contributed by atoms with Crippen LogP contribution in [0.5, 0.6) is 0 Å². The zero-order chi connectivity index (χ0) is 15.2. The first kappa shape index (κ1) is 18.8. The number of aliphatic hydroxyl groups excluding tert-OH is 2. The van der Waals surface area contributed by atoms with Gasteiger partial charge in [0, 0.05) is 6.42 Å². The minimum absolute atomic E-state index is 0.134. The van der Waals surface area contributed by atoms with E-state index in [0.717, 1.165) is 38.5 Å². The van der Waals surface area contributed by atoms with Gasteiger partial charge in [0.2, 0.25) is 0 Å². The highest BCUT2D eigenvalue weighted by atomic mass is 16.3. The molecule has 2 unspecified atom stereocenters. The number of rotatable bonds is 3. The van der Waals surface area contributed by atoms with Crippen LogP contribution < -0.4 is 0 Å². The highest BCUT2D eigenvalue weighted by molar-refractivity contribution is 5.91. The summed E-state index contributed by atoms with van der Waals surface area (Å²) in [4.78, 5) is 10.2. The molecule has 0 saturated heterocycles. The van der Waals surface area contributed by atoms with Gasteiger partial charge in [0.05, 0.1) is 12.2 Å². The predicted octanol–water partition coefficient (Wildman–Crippen LogP) is 3.33. The molecule has 0 spiro atoms. The highest BCUT2D eigenvalue weighted by Gasteiger charge is 2.00. The van der Waals surface area contributed by atoms with Gasteiger partial charge in [-0.15, -0.1) is 0 Å². The Kier molecular flexibility index (Phi) is 12.1. The van der Waals surface area contributed by atoms with Crippen molar-refractivity contribution >= 4 is 5.78 Å². The van der Waals surface area contributed by atoms with Gasteiger partial charge in [-0.25, -0.2) is 0 Å². The lowest BCUT2D eigenvalue weighted by molar-refractivity contribution is -0.114. The lowest BCUT2D eigenvalue weighted by Gasteiger charge is -1.90. The summed E-state index contributed by atoms with van der Waals surface area (Å²) in [5.74, 6) is 0.273. The number of allylic oxidation sites excluding steroid dienone is 4. The molecule has 0 amide bonds. The van der Waals surface area contributed by atoms with Gasteiger partial charge in [0.15, 0.2) is 5.78 Å². The molecule has 0 saturated carbocycles. The van der Waals surface area contributed by atoms with Crippen molar-refractivity contribution in [3.05, 3.63) is 36.5 Å². The number of aliphatic hydroxyl groups is 2. The van der Waals surface area contributed by atoms with Crippen molar-refractivity contribution < 1.29 is 15.0 Å². The molecule has 3 heteroatoms. The summed E-state index contributed by atoms with van der Waals surface area (Å²) in [5, 5.41) is 17.3. The number of carbonyl (C=O) groups excluding carboxylic acids is 1. The van der Waals surface area contributed by atoms with Crippen LogP contribution in [0.3, 0.4) is 0 Å². The molecular formula is C17H28O3. The van der Waals surface area contributed by atoms with Gasteiger partial charge in [-0.1, -0.05) is 43.7 Å². The van der Waals surface area contributed by atoms with Crippen molar-refractivity contribution in [3.63, 3.8) is 0 Å². The van der Waals surface area contributed by atoms with Gasteiger partial charge in [-0.2, -0.15) is 0 Å². The Hall–Kier alpha value is -1.19. The van der Waals surface area contributed by atoms with Gasteiger partial charge in [0.1, 0.15) is 0 Å². The molecule has 2 N–H and O–H groups in total. The van der Waals surface area contributed by atoms with E-state index in [0.29, 0.717) is 0 Å². The fourth-order valence-electron chi connectivity index (χ4n) is 1.60. The number of unbranched alkanes of at least 4 members (excludes halogenated alkanes) is 1. The molecule has 0 bridgehead atoms. The summed E-state index contributed by atoms with van der Waals surface area (Å²) < 4.78 is 0. The minimum Gasteiger partial charge on any atom is -0.389 e. The van der Waals surface area contributed by atoms with Crippen molar-refractivity contribution in [3.8, 4) is 0 Å². The second-order valence-corrected chi connectivity index (χ2v) is 4.94. The number of ketones is 1.